The van der Waals surface area contributed by atoms with Crippen LogP contribution in [0.4, 0.5) is 22.1 Å². The van der Waals surface area contributed by atoms with Crippen molar-refractivity contribution in [3.8, 4) is 0 Å². The summed E-state index contributed by atoms with van der Waals surface area (Å²) in [4.78, 5) is 10.2. The zero-order valence-corrected chi connectivity index (χ0v) is 7.07. The lowest BCUT2D eigenvalue weighted by molar-refractivity contribution is -0.670. The molecule has 0 saturated carbocycles. The van der Waals surface area contributed by atoms with Crippen molar-refractivity contribution in [1.82, 2.24) is 4.57 Å². The summed E-state index contributed by atoms with van der Waals surface area (Å²) in [6.07, 6.45) is 3.65. The third kappa shape index (κ3) is 7.13. The molecule has 0 radical (unpaired) electrons. The molecule has 0 atom stereocenters. The van der Waals surface area contributed by atoms with Crippen molar-refractivity contribution >= 4 is 13.3 Å². The van der Waals surface area contributed by atoms with Gasteiger partial charge < -0.3 is 22.4 Å². The topological polar surface area (TPSA) is 46.1 Å². The van der Waals surface area contributed by atoms with Crippen LogP contribution in [0.2, 0.25) is 0 Å². The van der Waals surface area contributed by atoms with Crippen molar-refractivity contribution in [2.24, 2.45) is 7.05 Å². The maximum atomic E-state index is 10.2. The fourth-order valence-electron chi connectivity index (χ4n) is 0.563. The highest BCUT2D eigenvalue weighted by atomic mass is 19.5. The van der Waals surface area contributed by atoms with Gasteiger partial charge in [-0.2, -0.15) is 4.79 Å². The Morgan fingerprint density at radius 1 is 1.43 bits per heavy atom. The van der Waals surface area contributed by atoms with Gasteiger partial charge in [0.1, 0.15) is 12.4 Å². The fourth-order valence-corrected chi connectivity index (χ4v) is 0.563. The van der Waals surface area contributed by atoms with Gasteiger partial charge in [0.05, 0.1) is 7.05 Å². The summed E-state index contributed by atoms with van der Waals surface area (Å²) < 4.78 is 41.7. The first kappa shape index (κ1) is 12.5. The second-order valence-electron chi connectivity index (χ2n) is 2.26. The number of hydrogen-bond donors (Lipinski definition) is 1. The Bertz CT molecular complexity index is 305. The van der Waals surface area contributed by atoms with Crippen LogP contribution in [-0.2, 0) is 7.05 Å². The molecular weight excluding hydrogens is 207 g/mol. The molecular formula is C5H7BF4N2O2. The number of carbonyl (C=O) groups is 1. The minimum Gasteiger partial charge on any atom is -0.446 e. The highest BCUT2D eigenvalue weighted by Gasteiger charge is 2.20. The highest BCUT2D eigenvalue weighted by molar-refractivity contribution is 6.50. The lowest BCUT2D eigenvalue weighted by Crippen LogP contribution is -2.24. The van der Waals surface area contributed by atoms with Gasteiger partial charge in [-0.05, 0) is 0 Å². The van der Waals surface area contributed by atoms with Crippen LogP contribution in [0.25, 0.3) is 0 Å². The smallest absolute Gasteiger partial charge is 0.446 e. The molecule has 14 heavy (non-hydrogen) atoms. The monoisotopic (exact) mass is 214 g/mol. The third-order valence-corrected chi connectivity index (χ3v) is 0.990. The number of halogens is 4. The Hall–Kier alpha value is -1.54. The van der Waals surface area contributed by atoms with E-state index in [2.05, 4.69) is 0 Å². The molecule has 4 nitrogen and oxygen atoms in total. The standard InChI is InChI=1S/C5H6N2O2.BF4/c1-6-2-3-7(4-6)5(8)9;2-1(3,4)5/h2-4H,1H3;/q;-1/p+1. The molecule has 1 rings (SSSR count). The minimum atomic E-state index is -6.00. The van der Waals surface area contributed by atoms with Gasteiger partial charge in [-0.1, -0.05) is 0 Å². The van der Waals surface area contributed by atoms with E-state index in [0.29, 0.717) is 0 Å². The van der Waals surface area contributed by atoms with Crippen molar-refractivity contribution in [3.05, 3.63) is 18.7 Å². The zero-order valence-electron chi connectivity index (χ0n) is 7.07. The number of aryl methyl sites for hydroxylation is 1. The van der Waals surface area contributed by atoms with Gasteiger partial charge in [0.15, 0.2) is 0 Å². The summed E-state index contributed by atoms with van der Waals surface area (Å²) in [5.41, 5.74) is 0. The summed E-state index contributed by atoms with van der Waals surface area (Å²) in [7, 11) is -4.24. The SMILES string of the molecule is C[n+]1ccn(C(=O)O)c1.F[B-](F)(F)F. The molecule has 1 aromatic rings. The van der Waals surface area contributed by atoms with Crippen molar-refractivity contribution in [2.45, 2.75) is 0 Å². The van der Waals surface area contributed by atoms with Gasteiger partial charge >= 0.3 is 13.3 Å². The summed E-state index contributed by atoms with van der Waals surface area (Å²) >= 11 is 0. The molecule has 1 heterocycles. The van der Waals surface area contributed by atoms with Gasteiger partial charge in [-0.15, -0.1) is 4.57 Å². The van der Waals surface area contributed by atoms with E-state index in [1.165, 1.54) is 12.5 Å². The average molecular weight is 214 g/mol. The number of aromatic nitrogens is 2. The van der Waals surface area contributed by atoms with Crippen LogP contribution in [0, 0.1) is 0 Å². The van der Waals surface area contributed by atoms with Gasteiger partial charge in [0.25, 0.3) is 6.33 Å². The van der Waals surface area contributed by atoms with Gasteiger partial charge in [-0.25, -0.2) is 4.57 Å². The van der Waals surface area contributed by atoms with Crippen LogP contribution >= 0.6 is 0 Å². The molecule has 0 saturated heterocycles. The highest BCUT2D eigenvalue weighted by Crippen LogP contribution is 2.06. The molecule has 0 aliphatic rings. The molecule has 1 aromatic heterocycles. The molecule has 80 valence electrons. The summed E-state index contributed by atoms with van der Waals surface area (Å²) in [6, 6.07) is 0. The Morgan fingerprint density at radius 2 is 1.86 bits per heavy atom. The lowest BCUT2D eigenvalue weighted by Gasteiger charge is -1.94. The normalized spacial score (nSPS) is 10.4. The maximum absolute atomic E-state index is 10.2. The Morgan fingerprint density at radius 3 is 2.00 bits per heavy atom. The Labute approximate surface area is 76.5 Å². The van der Waals surface area contributed by atoms with E-state index in [0.717, 1.165) is 4.57 Å². The van der Waals surface area contributed by atoms with Crippen LogP contribution in [0.3, 0.4) is 0 Å². The zero-order chi connectivity index (χ0) is 11.4. The summed E-state index contributed by atoms with van der Waals surface area (Å²) in [6.45, 7) is 0. The van der Waals surface area contributed by atoms with Crippen LogP contribution in [0.15, 0.2) is 18.7 Å². The second kappa shape index (κ2) is 4.63. The van der Waals surface area contributed by atoms with E-state index >= 15 is 0 Å². The number of imidazole rings is 1. The predicted octanol–water partition coefficient (Wildman–Crippen LogP) is 1.14. The van der Waals surface area contributed by atoms with Crippen LogP contribution < -0.4 is 4.57 Å². The molecule has 0 unspecified atom stereocenters. The quantitative estimate of drug-likeness (QED) is 0.399. The minimum absolute atomic E-state index is 0.962. The van der Waals surface area contributed by atoms with E-state index in [9.17, 15) is 22.1 Å². The first-order chi connectivity index (χ1) is 6.20. The molecule has 0 bridgehead atoms. The van der Waals surface area contributed by atoms with Gasteiger partial charge in [0.2, 0.25) is 0 Å². The number of rotatable bonds is 0. The molecule has 0 aliphatic carbocycles. The van der Waals surface area contributed by atoms with E-state index < -0.39 is 13.3 Å². The van der Waals surface area contributed by atoms with Crippen LogP contribution in [0.1, 0.15) is 0 Å². The molecule has 0 aromatic carbocycles. The van der Waals surface area contributed by atoms with E-state index in [-0.39, 0.29) is 0 Å². The molecule has 0 aliphatic heterocycles. The van der Waals surface area contributed by atoms with Crippen LogP contribution in [0.5, 0.6) is 0 Å². The first-order valence-corrected chi connectivity index (χ1v) is 3.34. The molecule has 1 N–H and O–H groups in total. The number of hydrogen-bond acceptors (Lipinski definition) is 1. The first-order valence-electron chi connectivity index (χ1n) is 3.34. The Kier molecular flexibility index (Phi) is 4.12. The van der Waals surface area contributed by atoms with Crippen molar-refractivity contribution in [3.63, 3.8) is 0 Å². The van der Waals surface area contributed by atoms with E-state index in [4.69, 9.17) is 5.11 Å². The summed E-state index contributed by atoms with van der Waals surface area (Å²) in [5, 5.41) is 8.35. The van der Waals surface area contributed by atoms with Crippen molar-refractivity contribution in [1.29, 1.82) is 0 Å². The van der Waals surface area contributed by atoms with E-state index in [1.54, 1.807) is 17.8 Å². The second-order valence-corrected chi connectivity index (χ2v) is 2.26. The predicted molar refractivity (Wildman–Crippen MR) is 39.2 cm³/mol. The van der Waals surface area contributed by atoms with Crippen LogP contribution in [-0.4, -0.2) is 23.0 Å². The third-order valence-electron chi connectivity index (χ3n) is 0.990. The molecule has 9 heteroatoms. The maximum Gasteiger partial charge on any atom is 0.673 e. The number of carboxylic acid groups (broad SMARTS) is 1. The molecule has 0 amide bonds. The van der Waals surface area contributed by atoms with E-state index in [1.807, 2.05) is 0 Å². The largest absolute Gasteiger partial charge is 0.673 e. The summed E-state index contributed by atoms with van der Waals surface area (Å²) in [5.74, 6) is 0. The van der Waals surface area contributed by atoms with Gasteiger partial charge in [0, 0.05) is 0 Å². The molecule has 0 fully saturated rings. The Balaban J connectivity index is 0.000000292. The van der Waals surface area contributed by atoms with Gasteiger partial charge in [-0.3, -0.25) is 0 Å². The molecule has 0 spiro atoms. The lowest BCUT2D eigenvalue weighted by atomic mass is 10.3. The fraction of sp³-hybridized carbons (Fsp3) is 0.200. The average Bonchev–Trinajstić information content (AvgIpc) is 2.31. The number of nitrogens with zero attached hydrogens (tertiary/aromatic N) is 2. The van der Waals surface area contributed by atoms with Crippen molar-refractivity contribution < 1.29 is 31.7 Å². The van der Waals surface area contributed by atoms with Crippen molar-refractivity contribution in [2.75, 3.05) is 0 Å².